The summed E-state index contributed by atoms with van der Waals surface area (Å²) >= 11 is 0. The van der Waals surface area contributed by atoms with Gasteiger partial charge in [0, 0.05) is 100.0 Å². The van der Waals surface area contributed by atoms with Gasteiger partial charge in [-0.05, 0) is 24.7 Å². The van der Waals surface area contributed by atoms with Crippen molar-refractivity contribution < 1.29 is 109 Å². The van der Waals surface area contributed by atoms with Crippen molar-refractivity contribution in [3.05, 3.63) is 0 Å². The molecule has 0 amide bonds. The molecule has 8 atom stereocenters. The van der Waals surface area contributed by atoms with Gasteiger partial charge in [-0.1, -0.05) is 41.5 Å². The molecular weight excluding hydrogens is 710 g/mol. The van der Waals surface area contributed by atoms with E-state index in [4.69, 9.17) is 0 Å². The maximum absolute atomic E-state index is 10.4. The Morgan fingerprint density at radius 3 is 1.09 bits per heavy atom. The molecule has 6 heteroatoms. The monoisotopic (exact) mass is 744 g/mol. The molecular formula is C16H34Ac2O4. The molecule has 4 N–H and O–H groups in total. The second-order valence-corrected chi connectivity index (χ2v) is 6.89. The first kappa shape index (κ1) is 29.5. The molecule has 0 heterocycles. The smallest absolute Gasteiger partial charge is 0.0640 e. The predicted molar refractivity (Wildman–Crippen MR) is 81.2 cm³/mol. The molecule has 0 bridgehead atoms. The van der Waals surface area contributed by atoms with Crippen LogP contribution in [-0.2, 0) is 0 Å². The van der Waals surface area contributed by atoms with Crippen LogP contribution in [0.2, 0.25) is 0 Å². The Morgan fingerprint density at radius 1 is 0.455 bits per heavy atom. The Bertz CT molecular complexity index is 251. The number of rotatable bonds is 8. The van der Waals surface area contributed by atoms with Gasteiger partial charge in [-0.25, -0.2) is 0 Å². The molecule has 4 nitrogen and oxygen atoms in total. The summed E-state index contributed by atoms with van der Waals surface area (Å²) in [6.45, 7) is 12.9. The van der Waals surface area contributed by atoms with Crippen molar-refractivity contribution in [1.29, 1.82) is 0 Å². The maximum Gasteiger partial charge on any atom is 0.0640 e. The minimum Gasteiger partial charge on any atom is -0.393 e. The van der Waals surface area contributed by atoms with Gasteiger partial charge in [0.05, 0.1) is 24.4 Å². The van der Waals surface area contributed by atoms with E-state index < -0.39 is 24.4 Å². The SMILES string of the molecule is CC(C)C(O)C(C)C(C)C(O)C(C)C(O)C(C)C(C)O.[Ac].[Ac]. The van der Waals surface area contributed by atoms with Gasteiger partial charge < -0.3 is 20.4 Å². The standard InChI is InChI=1S/C16H34O4.2Ac/c1-8(2)14(18)9(3)10(4)15(19)12(6)16(20)11(5)13(7)17;;/h8-20H,1-7H3;;. The predicted octanol–water partition coefficient (Wildman–Crippen LogP) is 1.65. The Labute approximate surface area is 208 Å². The van der Waals surface area contributed by atoms with Gasteiger partial charge in [0.2, 0.25) is 0 Å². The normalized spacial score (nSPS) is 22.4. The average molecular weight is 744 g/mol. The summed E-state index contributed by atoms with van der Waals surface area (Å²) in [7, 11) is 0. The van der Waals surface area contributed by atoms with E-state index >= 15 is 0 Å². The fourth-order valence-corrected chi connectivity index (χ4v) is 2.67. The van der Waals surface area contributed by atoms with Crippen molar-refractivity contribution in [3.63, 3.8) is 0 Å². The molecule has 0 aromatic rings. The van der Waals surface area contributed by atoms with Gasteiger partial charge >= 0.3 is 0 Å². The molecule has 0 aromatic carbocycles. The zero-order valence-electron chi connectivity index (χ0n) is 15.1. The second kappa shape index (κ2) is 13.9. The Kier molecular flexibility index (Phi) is 18.6. The van der Waals surface area contributed by atoms with Crippen LogP contribution in [0.25, 0.3) is 0 Å². The van der Waals surface area contributed by atoms with Gasteiger partial charge in [-0.2, -0.15) is 0 Å². The van der Waals surface area contributed by atoms with Gasteiger partial charge in [0.1, 0.15) is 0 Å². The maximum atomic E-state index is 10.4. The molecule has 0 spiro atoms. The topological polar surface area (TPSA) is 80.9 Å². The van der Waals surface area contributed by atoms with Crippen LogP contribution in [0.4, 0.5) is 0 Å². The summed E-state index contributed by atoms with van der Waals surface area (Å²) in [6, 6.07) is 0. The molecule has 2 radical (unpaired) electrons. The van der Waals surface area contributed by atoms with Crippen LogP contribution < -0.4 is 0 Å². The van der Waals surface area contributed by atoms with Crippen LogP contribution in [0, 0.1) is 118 Å². The van der Waals surface area contributed by atoms with Gasteiger partial charge in [0.25, 0.3) is 0 Å². The summed E-state index contributed by atoms with van der Waals surface area (Å²) < 4.78 is 0. The average Bonchev–Trinajstić information content (AvgIpc) is 2.40. The number of aliphatic hydroxyl groups excluding tert-OH is 4. The van der Waals surface area contributed by atoms with Gasteiger partial charge in [0.15, 0.2) is 0 Å². The van der Waals surface area contributed by atoms with E-state index in [0.717, 1.165) is 0 Å². The van der Waals surface area contributed by atoms with E-state index in [1.807, 2.05) is 27.7 Å². The molecule has 0 saturated carbocycles. The van der Waals surface area contributed by atoms with Crippen molar-refractivity contribution in [3.8, 4) is 0 Å². The van der Waals surface area contributed by atoms with Crippen LogP contribution in [0.3, 0.4) is 0 Å². The first-order valence-corrected chi connectivity index (χ1v) is 7.74. The summed E-state index contributed by atoms with van der Waals surface area (Å²) in [4.78, 5) is 0. The Hall–Kier alpha value is 2.72. The number of aliphatic hydroxyl groups is 4. The van der Waals surface area contributed by atoms with Crippen LogP contribution in [-0.4, -0.2) is 44.8 Å². The van der Waals surface area contributed by atoms with Crippen LogP contribution in [0.15, 0.2) is 0 Å². The first-order valence-electron chi connectivity index (χ1n) is 7.74. The van der Waals surface area contributed by atoms with E-state index in [2.05, 4.69) is 0 Å². The molecule has 0 aliphatic heterocycles. The van der Waals surface area contributed by atoms with Crippen molar-refractivity contribution >= 4 is 0 Å². The summed E-state index contributed by atoms with van der Waals surface area (Å²) in [5, 5.41) is 40.3. The van der Waals surface area contributed by atoms with Crippen LogP contribution >= 0.6 is 0 Å². The largest absolute Gasteiger partial charge is 0.393 e. The minimum atomic E-state index is -0.768. The van der Waals surface area contributed by atoms with Gasteiger partial charge in [-0.15, -0.1) is 0 Å². The third-order valence-corrected chi connectivity index (χ3v) is 4.97. The van der Waals surface area contributed by atoms with E-state index in [-0.39, 0.29) is 118 Å². The van der Waals surface area contributed by atoms with E-state index in [0.29, 0.717) is 0 Å². The molecule has 0 aliphatic carbocycles. The van der Waals surface area contributed by atoms with E-state index in [1.165, 1.54) is 0 Å². The zero-order chi connectivity index (χ0) is 16.2. The molecule has 8 unspecified atom stereocenters. The number of hydrogen-bond donors (Lipinski definition) is 4. The number of hydrogen-bond acceptors (Lipinski definition) is 4. The van der Waals surface area contributed by atoms with Crippen molar-refractivity contribution in [1.82, 2.24) is 0 Å². The minimum absolute atomic E-state index is 0. The molecule has 128 valence electrons. The van der Waals surface area contributed by atoms with Crippen molar-refractivity contribution in [2.75, 3.05) is 0 Å². The summed E-state index contributed by atoms with van der Waals surface area (Å²) in [5.41, 5.74) is 0. The quantitative estimate of drug-likeness (QED) is 0.305. The second-order valence-electron chi connectivity index (χ2n) is 6.89. The molecule has 0 aliphatic rings. The van der Waals surface area contributed by atoms with E-state index in [1.54, 1.807) is 20.8 Å². The van der Waals surface area contributed by atoms with Crippen LogP contribution in [0.5, 0.6) is 0 Å². The molecule has 0 saturated heterocycles. The summed E-state index contributed by atoms with van der Waals surface area (Å²) in [6.07, 6.45) is -2.57. The molecule has 22 heavy (non-hydrogen) atoms. The van der Waals surface area contributed by atoms with Crippen molar-refractivity contribution in [2.24, 2.45) is 29.6 Å². The van der Waals surface area contributed by atoms with Crippen molar-refractivity contribution in [2.45, 2.75) is 72.9 Å². The summed E-state index contributed by atoms with van der Waals surface area (Å²) in [5.74, 6) is -0.690. The Balaban J connectivity index is -0.00000180. The van der Waals surface area contributed by atoms with Crippen LogP contribution in [0.1, 0.15) is 48.5 Å². The molecule has 0 aromatic heterocycles. The third-order valence-electron chi connectivity index (χ3n) is 4.97. The first-order chi connectivity index (χ1) is 9.02. The van der Waals surface area contributed by atoms with Gasteiger partial charge in [-0.3, -0.25) is 0 Å². The molecule has 0 fully saturated rings. The third kappa shape index (κ3) is 8.89. The molecule has 0 rings (SSSR count). The Morgan fingerprint density at radius 2 is 0.773 bits per heavy atom. The fourth-order valence-electron chi connectivity index (χ4n) is 2.67. The fraction of sp³-hybridized carbons (Fsp3) is 1.00. The zero-order valence-corrected chi connectivity index (χ0v) is 24.6. The van der Waals surface area contributed by atoms with E-state index in [9.17, 15) is 20.4 Å².